The molecule has 0 bridgehead atoms. The van der Waals surface area contributed by atoms with E-state index < -0.39 is 10.8 Å². The van der Waals surface area contributed by atoms with Gasteiger partial charge in [0.05, 0.1) is 10.8 Å². The van der Waals surface area contributed by atoms with Crippen molar-refractivity contribution in [3.63, 3.8) is 0 Å². The molecule has 0 fully saturated rings. The minimum atomic E-state index is -0.727. The van der Waals surface area contributed by atoms with Crippen molar-refractivity contribution in [2.45, 2.75) is 10.8 Å². The lowest BCUT2D eigenvalue weighted by Gasteiger charge is -2.35. The minimum Gasteiger partial charge on any atom is -0.481 e. The summed E-state index contributed by atoms with van der Waals surface area (Å²) in [7, 11) is 0. The van der Waals surface area contributed by atoms with Gasteiger partial charge in [0.25, 0.3) is 0 Å². The fraction of sp³-hybridized carbons (Fsp3) is 0.0857. The fourth-order valence-electron chi connectivity index (χ4n) is 12.0. The normalized spacial score (nSPS) is 13.0. The number of benzene rings is 10. The number of fused-ring (bicyclic) bond motifs is 8. The van der Waals surface area contributed by atoms with Crippen LogP contribution >= 0.6 is 0 Å². The number of terminal acetylenes is 4. The summed E-state index contributed by atoms with van der Waals surface area (Å²) in [5.41, 5.74) is 14.6. The molecule has 2 aliphatic carbocycles. The molecule has 0 spiro atoms. The molecule has 10 aromatic rings. The van der Waals surface area contributed by atoms with Crippen LogP contribution in [0.25, 0.3) is 54.9 Å². The molecule has 12 rings (SSSR count). The molecule has 0 amide bonds. The molecule has 10 aromatic carbocycles. The number of hydrogen-bond donors (Lipinski definition) is 0. The average molecular weight is 951 g/mol. The van der Waals surface area contributed by atoms with Crippen LogP contribution in [-0.2, 0) is 10.8 Å². The molecule has 0 unspecified atom stereocenters. The first kappa shape index (κ1) is 45.3. The lowest BCUT2D eigenvalue weighted by atomic mass is 9.66. The van der Waals surface area contributed by atoms with Crippen LogP contribution in [0.5, 0.6) is 23.0 Å². The fourth-order valence-corrected chi connectivity index (χ4v) is 12.0. The van der Waals surface area contributed by atoms with Gasteiger partial charge in [0, 0.05) is 10.8 Å². The van der Waals surface area contributed by atoms with E-state index in [-0.39, 0.29) is 26.4 Å². The molecule has 4 heteroatoms. The zero-order valence-corrected chi connectivity index (χ0v) is 40.4. The Morgan fingerprint density at radius 3 is 0.959 bits per heavy atom. The SMILES string of the molecule is C#CCOc1ccc2c(OCC#C)ccc(C3(c4ccc(-c5ccc(C6(c7ccc(OCC#C)c8ccc(OCC#C)cc78)c7ccccc7-c7ccccc76)cc5)cc4)c4ccccc4-c4ccccc43)c2c1. The smallest absolute Gasteiger partial charge is 0.148 e. The molecule has 2 aliphatic rings. The molecule has 0 N–H and O–H groups in total. The Balaban J connectivity index is 1.03. The predicted octanol–water partition coefficient (Wildman–Crippen LogP) is 14.4. The highest BCUT2D eigenvalue weighted by Gasteiger charge is 2.48. The summed E-state index contributed by atoms with van der Waals surface area (Å²) in [4.78, 5) is 0. The zero-order valence-electron chi connectivity index (χ0n) is 40.4. The van der Waals surface area contributed by atoms with Crippen molar-refractivity contribution >= 4 is 21.5 Å². The number of rotatable bonds is 13. The summed E-state index contributed by atoms with van der Waals surface area (Å²) in [5, 5.41) is 3.80. The molecule has 350 valence electrons. The topological polar surface area (TPSA) is 36.9 Å². The number of hydrogen-bond acceptors (Lipinski definition) is 4. The second-order valence-electron chi connectivity index (χ2n) is 18.4. The summed E-state index contributed by atoms with van der Waals surface area (Å²) < 4.78 is 24.5. The first-order chi connectivity index (χ1) is 36.5. The van der Waals surface area contributed by atoms with Crippen molar-refractivity contribution in [3.8, 4) is 106 Å². The quantitative estimate of drug-likeness (QED) is 0.108. The third kappa shape index (κ3) is 7.01. The van der Waals surface area contributed by atoms with E-state index in [4.69, 9.17) is 44.6 Å². The van der Waals surface area contributed by atoms with E-state index in [9.17, 15) is 0 Å². The van der Waals surface area contributed by atoms with Crippen molar-refractivity contribution in [1.82, 2.24) is 0 Å². The summed E-state index contributed by atoms with van der Waals surface area (Å²) in [6.07, 6.45) is 22.8. The van der Waals surface area contributed by atoms with E-state index in [0.717, 1.165) is 54.9 Å². The maximum atomic E-state index is 6.18. The Morgan fingerprint density at radius 2 is 0.622 bits per heavy atom. The van der Waals surface area contributed by atoms with E-state index in [1.807, 2.05) is 36.4 Å². The van der Waals surface area contributed by atoms with E-state index in [1.165, 1.54) is 44.5 Å². The van der Waals surface area contributed by atoms with E-state index in [2.05, 4.69) is 194 Å². The van der Waals surface area contributed by atoms with E-state index >= 15 is 0 Å². The van der Waals surface area contributed by atoms with Gasteiger partial charge in [-0.25, -0.2) is 0 Å². The predicted molar refractivity (Wildman–Crippen MR) is 299 cm³/mol. The summed E-state index contributed by atoms with van der Waals surface area (Å²) in [5.74, 6) is 13.2. The van der Waals surface area contributed by atoms with Crippen molar-refractivity contribution < 1.29 is 18.9 Å². The Kier molecular flexibility index (Phi) is 11.5. The first-order valence-corrected chi connectivity index (χ1v) is 24.5. The molecule has 0 radical (unpaired) electrons. The Morgan fingerprint density at radius 1 is 0.297 bits per heavy atom. The van der Waals surface area contributed by atoms with Gasteiger partial charge in [0.1, 0.15) is 49.4 Å². The van der Waals surface area contributed by atoms with Gasteiger partial charge in [0.2, 0.25) is 0 Å². The molecule has 4 nitrogen and oxygen atoms in total. The van der Waals surface area contributed by atoms with Crippen LogP contribution < -0.4 is 18.9 Å². The summed E-state index contributed by atoms with van der Waals surface area (Å²) in [6, 6.07) is 73.7. The van der Waals surface area contributed by atoms with Gasteiger partial charge in [0.15, 0.2) is 0 Å². The van der Waals surface area contributed by atoms with Gasteiger partial charge in [-0.3, -0.25) is 0 Å². The molecule has 0 heterocycles. The van der Waals surface area contributed by atoms with Crippen LogP contribution in [0, 0.1) is 49.4 Å². The molecule has 0 aliphatic heterocycles. The van der Waals surface area contributed by atoms with Crippen molar-refractivity contribution in [2.24, 2.45) is 0 Å². The second kappa shape index (κ2) is 18.7. The molecular formula is C70H46O4. The minimum absolute atomic E-state index is 0.141. The third-order valence-corrected chi connectivity index (χ3v) is 14.8. The van der Waals surface area contributed by atoms with E-state index in [0.29, 0.717) is 23.0 Å². The van der Waals surface area contributed by atoms with Gasteiger partial charge < -0.3 is 18.9 Å². The Labute approximate surface area is 432 Å². The van der Waals surface area contributed by atoms with Crippen LogP contribution in [0.2, 0.25) is 0 Å². The monoisotopic (exact) mass is 950 g/mol. The standard InChI is InChI=1S/C70H46O4/c1-5-41-71-51-33-35-57-59(45-51)65(37-39-67(57)73-43-7-3)69(61-21-13-9-17-53(61)54-18-10-14-22-62(54)69)49-29-25-47(26-30-49)48-27-31-50(32-28-48)70(63-23-15-11-19-55(63)56-20-12-16-24-64(56)70)66-38-40-68(74-44-8-4)58-36-34-52(46-60(58)66)72-42-6-2/h1-4,9-40,45-46H,41-44H2. The maximum Gasteiger partial charge on any atom is 0.148 e. The molecule has 0 saturated heterocycles. The zero-order chi connectivity index (χ0) is 50.2. The molecule has 0 saturated carbocycles. The molecular weight excluding hydrogens is 905 g/mol. The van der Waals surface area contributed by atoms with Crippen molar-refractivity contribution in [1.29, 1.82) is 0 Å². The Hall–Kier alpha value is -9.84. The number of ether oxygens (including phenoxy) is 4. The van der Waals surface area contributed by atoms with Crippen LogP contribution in [0.4, 0.5) is 0 Å². The van der Waals surface area contributed by atoms with Crippen molar-refractivity contribution in [3.05, 3.63) is 251 Å². The largest absolute Gasteiger partial charge is 0.481 e. The summed E-state index contributed by atoms with van der Waals surface area (Å²) >= 11 is 0. The molecule has 74 heavy (non-hydrogen) atoms. The van der Waals surface area contributed by atoms with Gasteiger partial charge in [-0.1, -0.05) is 181 Å². The van der Waals surface area contributed by atoms with Crippen molar-refractivity contribution in [2.75, 3.05) is 26.4 Å². The highest BCUT2D eigenvalue weighted by molar-refractivity contribution is 5.99. The third-order valence-electron chi connectivity index (χ3n) is 14.8. The van der Waals surface area contributed by atoms with Gasteiger partial charge in [-0.05, 0) is 137 Å². The first-order valence-electron chi connectivity index (χ1n) is 24.5. The highest BCUT2D eigenvalue weighted by atomic mass is 16.5. The lowest BCUT2D eigenvalue weighted by molar-refractivity contribution is 0.369. The maximum absolute atomic E-state index is 6.18. The van der Waals surface area contributed by atoms with Crippen LogP contribution in [0.3, 0.4) is 0 Å². The lowest BCUT2D eigenvalue weighted by Crippen LogP contribution is -2.29. The van der Waals surface area contributed by atoms with Gasteiger partial charge >= 0.3 is 0 Å². The van der Waals surface area contributed by atoms with E-state index in [1.54, 1.807) is 0 Å². The van der Waals surface area contributed by atoms with Crippen LogP contribution in [0.1, 0.15) is 44.5 Å². The van der Waals surface area contributed by atoms with Crippen LogP contribution in [0.15, 0.2) is 206 Å². The van der Waals surface area contributed by atoms with Crippen LogP contribution in [-0.4, -0.2) is 26.4 Å². The summed E-state index contributed by atoms with van der Waals surface area (Å²) in [6.45, 7) is 0.571. The van der Waals surface area contributed by atoms with Gasteiger partial charge in [-0.2, -0.15) is 0 Å². The molecule has 0 atom stereocenters. The van der Waals surface area contributed by atoms with Gasteiger partial charge in [-0.15, -0.1) is 25.7 Å². The average Bonchev–Trinajstić information content (AvgIpc) is 3.98. The molecule has 0 aromatic heterocycles. The highest BCUT2D eigenvalue weighted by Crippen LogP contribution is 2.60. The Bertz CT molecular complexity index is 3660. The second-order valence-corrected chi connectivity index (χ2v) is 18.4.